The van der Waals surface area contributed by atoms with E-state index in [9.17, 15) is 0 Å². The highest BCUT2D eigenvalue weighted by molar-refractivity contribution is 5.20. The van der Waals surface area contributed by atoms with Crippen LogP contribution in [-0.4, -0.2) is 0 Å². The van der Waals surface area contributed by atoms with E-state index in [1.807, 2.05) is 0 Å². The first-order valence-electron chi connectivity index (χ1n) is 5.58. The third-order valence-electron chi connectivity index (χ3n) is 2.19. The van der Waals surface area contributed by atoms with Crippen molar-refractivity contribution in [1.82, 2.24) is 0 Å². The van der Waals surface area contributed by atoms with Crippen LogP contribution < -0.4 is 0 Å². The average Bonchev–Trinajstić information content (AvgIpc) is 1.75. The molecule has 0 atom stereocenters. The van der Waals surface area contributed by atoms with Crippen molar-refractivity contribution in [3.05, 3.63) is 11.6 Å². The molecular formula is C14H28. The largest absolute Gasteiger partial charge is 0.0789 e. The molecule has 0 aliphatic carbocycles. The molecule has 0 aromatic heterocycles. The third kappa shape index (κ3) is 4.83. The minimum atomic E-state index is 0.269. The molecule has 0 aromatic carbocycles. The Labute approximate surface area is 90.8 Å². The second-order valence-corrected chi connectivity index (χ2v) is 7.42. The fraction of sp³-hybridized carbons (Fsp3) is 0.857. The molecule has 14 heavy (non-hydrogen) atoms. The second kappa shape index (κ2) is 3.72. The predicted molar refractivity (Wildman–Crippen MR) is 66.4 cm³/mol. The molecule has 0 nitrogen and oxygen atoms in total. The predicted octanol–water partition coefficient (Wildman–Crippen LogP) is 5.05. The fourth-order valence-corrected chi connectivity index (χ4v) is 1.99. The van der Waals surface area contributed by atoms with E-state index in [2.05, 4.69) is 68.4 Å². The minimum absolute atomic E-state index is 0.269. The quantitative estimate of drug-likeness (QED) is 0.475. The van der Waals surface area contributed by atoms with Crippen molar-refractivity contribution >= 4 is 0 Å². The van der Waals surface area contributed by atoms with Crippen LogP contribution >= 0.6 is 0 Å². The molecule has 0 fully saturated rings. The molecule has 0 heterocycles. The molecule has 0 aliphatic heterocycles. The van der Waals surface area contributed by atoms with E-state index in [0.717, 1.165) is 0 Å². The molecule has 0 rings (SSSR count). The monoisotopic (exact) mass is 196 g/mol. The highest BCUT2D eigenvalue weighted by Gasteiger charge is 2.29. The van der Waals surface area contributed by atoms with Crippen molar-refractivity contribution in [2.45, 2.75) is 62.3 Å². The molecule has 0 heteroatoms. The van der Waals surface area contributed by atoms with Crippen molar-refractivity contribution in [3.8, 4) is 0 Å². The number of allylic oxidation sites excluding steroid dienone is 2. The molecule has 0 radical (unpaired) electrons. The van der Waals surface area contributed by atoms with Gasteiger partial charge in [0.15, 0.2) is 0 Å². The molecule has 0 N–H and O–H groups in total. The highest BCUT2D eigenvalue weighted by Crippen LogP contribution is 2.41. The maximum Gasteiger partial charge on any atom is -0.0168 e. The van der Waals surface area contributed by atoms with Crippen molar-refractivity contribution in [2.75, 3.05) is 0 Å². The second-order valence-electron chi connectivity index (χ2n) is 7.42. The molecule has 0 unspecified atom stereocenters. The van der Waals surface area contributed by atoms with Gasteiger partial charge in [-0.3, -0.25) is 0 Å². The van der Waals surface area contributed by atoms with Gasteiger partial charge in [-0.2, -0.15) is 0 Å². The lowest BCUT2D eigenvalue weighted by molar-refractivity contribution is 0.348. The Kier molecular flexibility index (Phi) is 3.65. The van der Waals surface area contributed by atoms with Crippen LogP contribution in [-0.2, 0) is 0 Å². The molecule has 0 saturated carbocycles. The van der Waals surface area contributed by atoms with Crippen molar-refractivity contribution in [1.29, 1.82) is 0 Å². The van der Waals surface area contributed by atoms with Gasteiger partial charge < -0.3 is 0 Å². The smallest absolute Gasteiger partial charge is 0.0168 e. The van der Waals surface area contributed by atoms with Gasteiger partial charge in [-0.1, -0.05) is 74.0 Å². The summed E-state index contributed by atoms with van der Waals surface area (Å²) in [6.07, 6.45) is 2.44. The summed E-state index contributed by atoms with van der Waals surface area (Å²) in [6, 6.07) is 0. The Morgan fingerprint density at radius 2 is 0.929 bits per heavy atom. The van der Waals surface area contributed by atoms with Gasteiger partial charge in [0.05, 0.1) is 0 Å². The Hall–Kier alpha value is -0.260. The SMILES string of the molecule is CC(C)(C)C=C(C(C)(C)C)C(C)(C)C. The lowest BCUT2D eigenvalue weighted by Crippen LogP contribution is -2.24. The molecule has 0 amide bonds. The summed E-state index contributed by atoms with van der Waals surface area (Å²) in [5.41, 5.74) is 2.37. The zero-order chi connectivity index (χ0) is 11.8. The number of hydrogen-bond donors (Lipinski definition) is 0. The fourth-order valence-electron chi connectivity index (χ4n) is 1.99. The lowest BCUT2D eigenvalue weighted by Gasteiger charge is -2.36. The Morgan fingerprint density at radius 3 is 1.00 bits per heavy atom. The maximum atomic E-state index is 2.44. The Balaban J connectivity index is 5.26. The summed E-state index contributed by atoms with van der Waals surface area (Å²) < 4.78 is 0. The number of rotatable bonds is 0. The molecule has 84 valence electrons. The maximum absolute atomic E-state index is 2.44. The van der Waals surface area contributed by atoms with Crippen LogP contribution in [0.5, 0.6) is 0 Å². The van der Waals surface area contributed by atoms with Crippen LogP contribution in [0.3, 0.4) is 0 Å². The Bertz CT molecular complexity index is 194. The summed E-state index contributed by atoms with van der Waals surface area (Å²) in [6.45, 7) is 20.6. The van der Waals surface area contributed by atoms with E-state index in [-0.39, 0.29) is 16.2 Å². The van der Waals surface area contributed by atoms with E-state index in [1.54, 1.807) is 5.57 Å². The van der Waals surface area contributed by atoms with Gasteiger partial charge in [0.1, 0.15) is 0 Å². The summed E-state index contributed by atoms with van der Waals surface area (Å²) in [4.78, 5) is 0. The number of hydrogen-bond acceptors (Lipinski definition) is 0. The van der Waals surface area contributed by atoms with Crippen LogP contribution in [0.2, 0.25) is 0 Å². The average molecular weight is 196 g/mol. The molecule has 0 spiro atoms. The standard InChI is InChI=1S/C14H28/c1-12(2,3)10-11(13(4,5)6)14(7,8)9/h10H,1-9H3. The molecular weight excluding hydrogens is 168 g/mol. The van der Waals surface area contributed by atoms with Crippen molar-refractivity contribution in [3.63, 3.8) is 0 Å². The van der Waals surface area contributed by atoms with E-state index < -0.39 is 0 Å². The first-order valence-corrected chi connectivity index (χ1v) is 5.58. The van der Waals surface area contributed by atoms with Gasteiger partial charge in [0, 0.05) is 0 Å². The zero-order valence-corrected chi connectivity index (χ0v) is 11.6. The van der Waals surface area contributed by atoms with Crippen LogP contribution in [0, 0.1) is 16.2 Å². The van der Waals surface area contributed by atoms with Gasteiger partial charge in [0.25, 0.3) is 0 Å². The molecule has 0 aliphatic rings. The van der Waals surface area contributed by atoms with Gasteiger partial charge in [-0.25, -0.2) is 0 Å². The molecule has 0 aromatic rings. The molecule has 0 saturated heterocycles. The van der Waals surface area contributed by atoms with Crippen molar-refractivity contribution in [2.24, 2.45) is 16.2 Å². The topological polar surface area (TPSA) is 0 Å². The van der Waals surface area contributed by atoms with Gasteiger partial charge in [-0.05, 0) is 16.2 Å². The van der Waals surface area contributed by atoms with Crippen molar-refractivity contribution < 1.29 is 0 Å². The van der Waals surface area contributed by atoms with E-state index in [4.69, 9.17) is 0 Å². The summed E-state index contributed by atoms with van der Waals surface area (Å²) in [5.74, 6) is 0. The normalized spacial score (nSPS) is 14.1. The van der Waals surface area contributed by atoms with Gasteiger partial charge in [-0.15, -0.1) is 0 Å². The van der Waals surface area contributed by atoms with Gasteiger partial charge in [0.2, 0.25) is 0 Å². The van der Waals surface area contributed by atoms with Crippen LogP contribution in [0.15, 0.2) is 11.6 Å². The van der Waals surface area contributed by atoms with E-state index in [0.29, 0.717) is 0 Å². The Morgan fingerprint density at radius 1 is 0.643 bits per heavy atom. The van der Waals surface area contributed by atoms with Gasteiger partial charge >= 0.3 is 0 Å². The first kappa shape index (κ1) is 13.7. The van der Waals surface area contributed by atoms with E-state index >= 15 is 0 Å². The summed E-state index contributed by atoms with van der Waals surface area (Å²) in [7, 11) is 0. The first-order chi connectivity index (χ1) is 5.84. The van der Waals surface area contributed by atoms with Crippen LogP contribution in [0.25, 0.3) is 0 Å². The minimum Gasteiger partial charge on any atom is -0.0789 e. The summed E-state index contributed by atoms with van der Waals surface area (Å²) >= 11 is 0. The van der Waals surface area contributed by atoms with Crippen LogP contribution in [0.1, 0.15) is 62.3 Å². The van der Waals surface area contributed by atoms with E-state index in [1.165, 1.54) is 0 Å². The highest BCUT2D eigenvalue weighted by atomic mass is 14.3. The van der Waals surface area contributed by atoms with Crippen LogP contribution in [0.4, 0.5) is 0 Å². The zero-order valence-electron chi connectivity index (χ0n) is 11.6. The summed E-state index contributed by atoms with van der Waals surface area (Å²) in [5, 5.41) is 0. The molecule has 0 bridgehead atoms. The third-order valence-corrected chi connectivity index (χ3v) is 2.19. The lowest BCUT2D eigenvalue weighted by atomic mass is 9.69.